The molecule has 2 aliphatic heterocycles. The van der Waals surface area contributed by atoms with E-state index in [4.69, 9.17) is 19.9 Å². The maximum Gasteiger partial charge on any atom is 2.00 e. The molecule has 0 fully saturated rings. The Bertz CT molecular complexity index is 2130. The SMILES string of the molecule is CCCCCCC#Cc1c2nc(c(-c3ccccc3)c3ccc([n-]3)c(Br)c3nc(c(-c4ccccc4)c4ccc1[n-]4)C=C3)C=C2.[Zn+2]. The first-order valence-electron chi connectivity index (χ1n) is 15.5. The zero-order chi connectivity index (χ0) is 30.6. The van der Waals surface area contributed by atoms with E-state index in [1.807, 2.05) is 48.5 Å². The van der Waals surface area contributed by atoms with Crippen LogP contribution in [0.2, 0.25) is 0 Å². The Morgan fingerprint density at radius 2 is 1.11 bits per heavy atom. The molecule has 0 unspecified atom stereocenters. The van der Waals surface area contributed by atoms with Gasteiger partial charge in [0, 0.05) is 16.5 Å². The minimum absolute atomic E-state index is 0. The van der Waals surface area contributed by atoms with E-state index in [0.717, 1.165) is 90.0 Å². The maximum absolute atomic E-state index is 5.19. The van der Waals surface area contributed by atoms with E-state index in [9.17, 15) is 0 Å². The Morgan fingerprint density at radius 3 is 1.74 bits per heavy atom. The molecule has 46 heavy (non-hydrogen) atoms. The van der Waals surface area contributed by atoms with Crippen LogP contribution < -0.4 is 9.97 Å². The summed E-state index contributed by atoms with van der Waals surface area (Å²) >= 11 is 3.82. The molecule has 6 heteroatoms. The first-order valence-corrected chi connectivity index (χ1v) is 16.3. The number of hydrogen-bond acceptors (Lipinski definition) is 2. The molecule has 4 nitrogen and oxygen atoms in total. The number of aromatic nitrogens is 4. The molecule has 220 valence electrons. The smallest absolute Gasteiger partial charge is 0.656 e. The number of rotatable bonds is 6. The van der Waals surface area contributed by atoms with Gasteiger partial charge in [0.2, 0.25) is 0 Å². The van der Waals surface area contributed by atoms with E-state index >= 15 is 0 Å². The summed E-state index contributed by atoms with van der Waals surface area (Å²) in [6.45, 7) is 2.23. The Hall–Kier alpha value is -4.30. The zero-order valence-electron chi connectivity index (χ0n) is 25.8. The second kappa shape index (κ2) is 14.4. The monoisotopic (exact) mass is 710 g/mol. The van der Waals surface area contributed by atoms with Crippen LogP contribution in [0.5, 0.6) is 0 Å². The third kappa shape index (κ3) is 6.49. The van der Waals surface area contributed by atoms with Crippen molar-refractivity contribution in [1.82, 2.24) is 19.9 Å². The molecule has 2 aromatic carbocycles. The van der Waals surface area contributed by atoms with Crippen molar-refractivity contribution in [1.29, 1.82) is 0 Å². The van der Waals surface area contributed by atoms with E-state index < -0.39 is 0 Å². The molecule has 0 saturated heterocycles. The van der Waals surface area contributed by atoms with Gasteiger partial charge in [-0.2, -0.15) is 0 Å². The minimum Gasteiger partial charge on any atom is -0.656 e. The Morgan fingerprint density at radius 1 is 0.587 bits per heavy atom. The Balaban J connectivity index is 0.00000372. The normalized spacial score (nSPS) is 11.6. The molecule has 5 heterocycles. The molecular formula is C40H31BrN4Zn. The van der Waals surface area contributed by atoms with Crippen molar-refractivity contribution in [3.05, 3.63) is 118 Å². The van der Waals surface area contributed by atoms with Gasteiger partial charge in [0.05, 0.1) is 22.8 Å². The summed E-state index contributed by atoms with van der Waals surface area (Å²) < 4.78 is 0.837. The second-order valence-electron chi connectivity index (χ2n) is 11.1. The summed E-state index contributed by atoms with van der Waals surface area (Å²) in [7, 11) is 0. The van der Waals surface area contributed by atoms with Gasteiger partial charge < -0.3 is 9.97 Å². The van der Waals surface area contributed by atoms with Crippen molar-refractivity contribution < 1.29 is 19.5 Å². The third-order valence-corrected chi connectivity index (χ3v) is 8.85. The predicted molar refractivity (Wildman–Crippen MR) is 191 cm³/mol. The van der Waals surface area contributed by atoms with E-state index in [1.165, 1.54) is 19.3 Å². The van der Waals surface area contributed by atoms with Gasteiger partial charge in [-0.3, -0.25) is 0 Å². The number of nitrogens with zero attached hydrogens (tertiary/aromatic N) is 4. The van der Waals surface area contributed by atoms with Gasteiger partial charge in [0.1, 0.15) is 0 Å². The van der Waals surface area contributed by atoms with Gasteiger partial charge in [-0.25, -0.2) is 9.97 Å². The summed E-state index contributed by atoms with van der Waals surface area (Å²) in [5.74, 6) is 6.93. The molecule has 0 spiro atoms. The largest absolute Gasteiger partial charge is 2.00 e. The number of fused-ring (bicyclic) bond motifs is 8. The second-order valence-corrected chi connectivity index (χ2v) is 11.9. The first kappa shape index (κ1) is 31.7. The van der Waals surface area contributed by atoms with Gasteiger partial charge in [-0.1, -0.05) is 123 Å². The standard InChI is InChI=1S/C40H31BrN4.Zn/c1-2-3-4-5-6-13-18-29-30-19-21-32(42-30)38(27-14-9-7-10-15-27)34-23-25-36(44-34)40(41)37-26-24-35(45-37)39(28-16-11-8-12-17-28)33-22-20-31(29)43-33;/h7-12,14-17,19-26H,2-6H2,1H3;/q-2;+2. The molecule has 0 N–H and O–H groups in total. The van der Waals surface area contributed by atoms with Crippen LogP contribution in [0, 0.1) is 11.8 Å². The van der Waals surface area contributed by atoms with Crippen LogP contribution in [0.3, 0.4) is 0 Å². The molecule has 0 saturated carbocycles. The van der Waals surface area contributed by atoms with Gasteiger partial charge >= 0.3 is 19.5 Å². The van der Waals surface area contributed by atoms with Crippen molar-refractivity contribution in [3.8, 4) is 34.1 Å². The van der Waals surface area contributed by atoms with Gasteiger partial charge in [-0.15, -0.1) is 22.1 Å². The molecule has 2 aliphatic rings. The molecule has 3 aromatic heterocycles. The van der Waals surface area contributed by atoms with Gasteiger partial charge in [0.15, 0.2) is 0 Å². The van der Waals surface area contributed by atoms with Crippen LogP contribution in [-0.4, -0.2) is 9.97 Å². The number of unbranched alkanes of at least 4 members (excludes halogenated alkanes) is 4. The average molecular weight is 713 g/mol. The van der Waals surface area contributed by atoms with Crippen LogP contribution in [0.1, 0.15) is 67.4 Å². The molecule has 0 atom stereocenters. The zero-order valence-corrected chi connectivity index (χ0v) is 30.4. The molecule has 0 amide bonds. The topological polar surface area (TPSA) is 54.0 Å². The van der Waals surface area contributed by atoms with Crippen molar-refractivity contribution >= 4 is 62.3 Å². The third-order valence-electron chi connectivity index (χ3n) is 8.04. The van der Waals surface area contributed by atoms with Gasteiger partial charge in [-0.05, 0) is 68.9 Å². The average Bonchev–Trinajstić information content (AvgIpc) is 3.90. The van der Waals surface area contributed by atoms with Crippen molar-refractivity contribution in [2.45, 2.75) is 39.0 Å². The molecular weight excluding hydrogens is 682 g/mol. The van der Waals surface area contributed by atoms with Crippen molar-refractivity contribution in [2.24, 2.45) is 0 Å². The van der Waals surface area contributed by atoms with Crippen molar-refractivity contribution in [2.75, 3.05) is 0 Å². The van der Waals surface area contributed by atoms with Crippen LogP contribution in [0.15, 0.2) is 89.4 Å². The fourth-order valence-corrected chi connectivity index (χ4v) is 6.22. The van der Waals surface area contributed by atoms with Crippen molar-refractivity contribution in [3.63, 3.8) is 0 Å². The van der Waals surface area contributed by atoms with Crippen LogP contribution in [0.4, 0.5) is 0 Å². The van der Waals surface area contributed by atoms with Crippen LogP contribution >= 0.6 is 15.9 Å². The summed E-state index contributed by atoms with van der Waals surface area (Å²) in [4.78, 5) is 20.5. The summed E-state index contributed by atoms with van der Waals surface area (Å²) in [6, 6.07) is 28.9. The number of halogens is 1. The maximum atomic E-state index is 5.19. The minimum atomic E-state index is 0. The molecule has 7 rings (SSSR count). The van der Waals surface area contributed by atoms with E-state index in [-0.39, 0.29) is 19.5 Å². The van der Waals surface area contributed by atoms with E-state index in [0.29, 0.717) is 0 Å². The molecule has 8 bridgehead atoms. The fourth-order valence-electron chi connectivity index (χ4n) is 5.77. The van der Waals surface area contributed by atoms with Crippen LogP contribution in [-0.2, 0) is 19.5 Å². The number of benzene rings is 2. The fraction of sp³-hybridized carbons (Fsp3) is 0.150. The first-order chi connectivity index (χ1) is 22.2. The summed E-state index contributed by atoms with van der Waals surface area (Å²) in [6.07, 6.45) is 13.8. The predicted octanol–water partition coefficient (Wildman–Crippen LogP) is 10.3. The quantitative estimate of drug-likeness (QED) is 0.0979. The molecule has 0 radical (unpaired) electrons. The summed E-state index contributed by atoms with van der Waals surface area (Å²) in [5, 5.41) is 0. The Labute approximate surface area is 291 Å². The van der Waals surface area contributed by atoms with Crippen LogP contribution in [0.25, 0.3) is 68.6 Å². The van der Waals surface area contributed by atoms with E-state index in [2.05, 4.69) is 95.4 Å². The van der Waals surface area contributed by atoms with Gasteiger partial charge in [0.25, 0.3) is 0 Å². The Kier molecular flexibility index (Phi) is 9.93. The van der Waals surface area contributed by atoms with E-state index in [1.54, 1.807) is 0 Å². The number of hydrogen-bond donors (Lipinski definition) is 0. The molecule has 5 aromatic rings. The summed E-state index contributed by atoms with van der Waals surface area (Å²) in [5.41, 5.74) is 11.5. The molecule has 0 aliphatic carbocycles.